The minimum atomic E-state index is -0.115. The molecule has 1 aromatic heterocycles. The van der Waals surface area contributed by atoms with Gasteiger partial charge in [-0.05, 0) is 34.4 Å². The zero-order valence-electron chi connectivity index (χ0n) is 15.0. The van der Waals surface area contributed by atoms with Crippen LogP contribution in [-0.4, -0.2) is 14.8 Å². The molecule has 0 bridgehead atoms. The number of nitrogens with zero attached hydrogens (tertiary/aromatic N) is 3. The topological polar surface area (TPSA) is 42.7 Å². The second kappa shape index (κ2) is 6.98. The molecule has 28 heavy (non-hydrogen) atoms. The number of hydrogen-bond donors (Lipinski definition) is 1. The van der Waals surface area contributed by atoms with E-state index in [1.54, 1.807) is 6.33 Å². The van der Waals surface area contributed by atoms with Crippen LogP contribution in [-0.2, 0) is 0 Å². The number of fused-ring (bicyclic) bond motifs is 1. The highest BCUT2D eigenvalue weighted by atomic mass is 35.5. The number of anilines is 1. The summed E-state index contributed by atoms with van der Waals surface area (Å²) in [7, 11) is 0. The Morgan fingerprint density at radius 3 is 2.25 bits per heavy atom. The summed E-state index contributed by atoms with van der Waals surface area (Å²) in [4.78, 5) is 4.36. The molecule has 0 saturated heterocycles. The highest BCUT2D eigenvalue weighted by Gasteiger charge is 2.24. The van der Waals surface area contributed by atoms with E-state index in [0.717, 1.165) is 16.8 Å². The summed E-state index contributed by atoms with van der Waals surface area (Å²) in [5.74, 6) is 0.703. The van der Waals surface area contributed by atoms with Crippen molar-refractivity contribution in [2.75, 3.05) is 5.32 Å². The molecule has 0 spiro atoms. The minimum Gasteiger partial charge on any atom is -0.324 e. The molecule has 0 aliphatic carbocycles. The monoisotopic (exact) mass is 384 g/mol. The van der Waals surface area contributed by atoms with Crippen molar-refractivity contribution < 1.29 is 0 Å². The van der Waals surface area contributed by atoms with E-state index in [-0.39, 0.29) is 6.04 Å². The van der Waals surface area contributed by atoms with Crippen LogP contribution in [0.5, 0.6) is 0 Å². The highest BCUT2D eigenvalue weighted by Crippen LogP contribution is 2.35. The lowest BCUT2D eigenvalue weighted by atomic mass is 9.99. The SMILES string of the molecule is Clc1ccccc1C1C=C(c2ccc(-c3ccccc3)cc2)Nc2ncnn21. The Morgan fingerprint density at radius 1 is 0.786 bits per heavy atom. The average Bonchev–Trinajstić information content (AvgIpc) is 3.23. The summed E-state index contributed by atoms with van der Waals surface area (Å²) >= 11 is 6.46. The Labute approximate surface area is 168 Å². The molecule has 0 fully saturated rings. The van der Waals surface area contributed by atoms with Crippen molar-refractivity contribution in [3.8, 4) is 11.1 Å². The molecule has 3 aromatic carbocycles. The zero-order valence-corrected chi connectivity index (χ0v) is 15.7. The van der Waals surface area contributed by atoms with E-state index in [9.17, 15) is 0 Å². The lowest BCUT2D eigenvalue weighted by Crippen LogP contribution is -2.20. The molecule has 1 unspecified atom stereocenters. The van der Waals surface area contributed by atoms with Gasteiger partial charge >= 0.3 is 0 Å². The van der Waals surface area contributed by atoms with E-state index in [2.05, 4.69) is 70.0 Å². The van der Waals surface area contributed by atoms with Crippen LogP contribution in [0.3, 0.4) is 0 Å². The number of nitrogens with one attached hydrogen (secondary N) is 1. The molecule has 136 valence electrons. The first kappa shape index (κ1) is 16.8. The van der Waals surface area contributed by atoms with E-state index in [1.165, 1.54) is 11.1 Å². The predicted octanol–water partition coefficient (Wildman–Crippen LogP) is 5.65. The average molecular weight is 385 g/mol. The summed E-state index contributed by atoms with van der Waals surface area (Å²) in [6.45, 7) is 0. The zero-order chi connectivity index (χ0) is 18.9. The summed E-state index contributed by atoms with van der Waals surface area (Å²) in [6, 6.07) is 26.6. The normalized spacial score (nSPS) is 15.5. The summed E-state index contributed by atoms with van der Waals surface area (Å²) < 4.78 is 1.85. The van der Waals surface area contributed by atoms with E-state index < -0.39 is 0 Å². The van der Waals surface area contributed by atoms with Crippen molar-refractivity contribution >= 4 is 23.2 Å². The van der Waals surface area contributed by atoms with Gasteiger partial charge in [-0.1, -0.05) is 84.4 Å². The molecule has 0 saturated carbocycles. The number of hydrogen-bond acceptors (Lipinski definition) is 3. The van der Waals surface area contributed by atoms with E-state index in [1.807, 2.05) is 35.0 Å². The van der Waals surface area contributed by atoms with Gasteiger partial charge in [-0.15, -0.1) is 0 Å². The van der Waals surface area contributed by atoms with Crippen molar-refractivity contribution in [2.45, 2.75) is 6.04 Å². The molecule has 1 N–H and O–H groups in total. The Morgan fingerprint density at radius 2 is 1.46 bits per heavy atom. The molecule has 0 amide bonds. The lowest BCUT2D eigenvalue weighted by Gasteiger charge is -2.25. The number of benzene rings is 3. The molecule has 1 atom stereocenters. The standard InChI is InChI=1S/C23H17ClN4/c24-20-9-5-4-8-19(20)22-14-21(27-23-25-15-26-28(22)23)18-12-10-17(11-13-18)16-6-2-1-3-7-16/h1-15,22H,(H,25,26,27). The molecule has 4 aromatic rings. The van der Waals surface area contributed by atoms with Gasteiger partial charge in [0.2, 0.25) is 5.95 Å². The van der Waals surface area contributed by atoms with Gasteiger partial charge in [-0.2, -0.15) is 10.1 Å². The maximum absolute atomic E-state index is 6.46. The molecule has 2 heterocycles. The van der Waals surface area contributed by atoms with Crippen LogP contribution >= 0.6 is 11.6 Å². The van der Waals surface area contributed by atoms with E-state index in [4.69, 9.17) is 11.6 Å². The minimum absolute atomic E-state index is 0.115. The second-order valence-corrected chi connectivity index (χ2v) is 7.05. The Balaban J connectivity index is 1.54. The van der Waals surface area contributed by atoms with Crippen LogP contribution in [0.1, 0.15) is 17.2 Å². The van der Waals surface area contributed by atoms with Gasteiger partial charge in [0.15, 0.2) is 0 Å². The van der Waals surface area contributed by atoms with Crippen LogP contribution in [0.15, 0.2) is 91.3 Å². The summed E-state index contributed by atoms with van der Waals surface area (Å²) in [6.07, 6.45) is 3.70. The maximum atomic E-state index is 6.46. The summed E-state index contributed by atoms with van der Waals surface area (Å²) in [5.41, 5.74) is 5.46. The second-order valence-electron chi connectivity index (χ2n) is 6.64. The van der Waals surface area contributed by atoms with Crippen molar-refractivity contribution in [3.05, 3.63) is 107 Å². The Bertz CT molecular complexity index is 1150. The van der Waals surface area contributed by atoms with Gasteiger partial charge < -0.3 is 5.32 Å². The Hall–Kier alpha value is -3.37. The van der Waals surface area contributed by atoms with Gasteiger partial charge in [0.1, 0.15) is 12.4 Å². The third-order valence-electron chi connectivity index (χ3n) is 4.93. The van der Waals surface area contributed by atoms with Crippen LogP contribution in [0.2, 0.25) is 5.02 Å². The van der Waals surface area contributed by atoms with Gasteiger partial charge in [0, 0.05) is 10.7 Å². The molecular formula is C23H17ClN4. The molecule has 5 heteroatoms. The van der Waals surface area contributed by atoms with Gasteiger partial charge in [-0.25, -0.2) is 4.68 Å². The molecule has 4 nitrogen and oxygen atoms in total. The smallest absolute Gasteiger partial charge is 0.226 e. The molecule has 0 radical (unpaired) electrons. The lowest BCUT2D eigenvalue weighted by molar-refractivity contribution is 0.612. The molecule has 5 rings (SSSR count). The van der Waals surface area contributed by atoms with Crippen LogP contribution in [0.4, 0.5) is 5.95 Å². The summed E-state index contributed by atoms with van der Waals surface area (Å²) in [5, 5.41) is 8.47. The fourth-order valence-electron chi connectivity index (χ4n) is 3.51. The number of halogens is 1. The first-order chi connectivity index (χ1) is 13.8. The third-order valence-corrected chi connectivity index (χ3v) is 5.28. The molecule has 1 aliphatic heterocycles. The third kappa shape index (κ3) is 2.98. The Kier molecular flexibility index (Phi) is 4.18. The first-order valence-corrected chi connectivity index (χ1v) is 9.46. The predicted molar refractivity (Wildman–Crippen MR) is 113 cm³/mol. The van der Waals surface area contributed by atoms with Crippen molar-refractivity contribution in [1.29, 1.82) is 0 Å². The fourth-order valence-corrected chi connectivity index (χ4v) is 3.76. The van der Waals surface area contributed by atoms with Crippen molar-refractivity contribution in [1.82, 2.24) is 14.8 Å². The van der Waals surface area contributed by atoms with E-state index >= 15 is 0 Å². The van der Waals surface area contributed by atoms with Crippen molar-refractivity contribution in [2.24, 2.45) is 0 Å². The van der Waals surface area contributed by atoms with Crippen LogP contribution in [0, 0.1) is 0 Å². The van der Waals surface area contributed by atoms with Gasteiger partial charge in [0.25, 0.3) is 0 Å². The van der Waals surface area contributed by atoms with Crippen LogP contribution in [0.25, 0.3) is 16.8 Å². The number of aromatic nitrogens is 3. The first-order valence-electron chi connectivity index (χ1n) is 9.08. The van der Waals surface area contributed by atoms with Gasteiger partial charge in [0.05, 0.1) is 0 Å². The van der Waals surface area contributed by atoms with E-state index in [0.29, 0.717) is 11.0 Å². The van der Waals surface area contributed by atoms with Crippen molar-refractivity contribution in [3.63, 3.8) is 0 Å². The largest absolute Gasteiger partial charge is 0.324 e. The fraction of sp³-hybridized carbons (Fsp3) is 0.0435. The molecule has 1 aliphatic rings. The number of allylic oxidation sites excluding steroid dienone is 1. The number of rotatable bonds is 3. The highest BCUT2D eigenvalue weighted by molar-refractivity contribution is 6.31. The molecular weight excluding hydrogens is 368 g/mol. The quantitative estimate of drug-likeness (QED) is 0.496. The maximum Gasteiger partial charge on any atom is 0.226 e. The van der Waals surface area contributed by atoms with Gasteiger partial charge in [-0.3, -0.25) is 0 Å². The van der Waals surface area contributed by atoms with Crippen LogP contribution < -0.4 is 5.32 Å².